The van der Waals surface area contributed by atoms with E-state index in [1.165, 1.54) is 12.5 Å². The molecule has 0 radical (unpaired) electrons. The monoisotopic (exact) mass is 198 g/mol. The fourth-order valence-corrected chi connectivity index (χ4v) is 0.921. The number of hydrogen-bond donors (Lipinski definition) is 4. The molecule has 1 heterocycles. The van der Waals surface area contributed by atoms with Crippen LogP contribution in [0.25, 0.3) is 0 Å². The third-order valence-electron chi connectivity index (χ3n) is 1.69. The van der Waals surface area contributed by atoms with Gasteiger partial charge in [-0.2, -0.15) is 0 Å². The van der Waals surface area contributed by atoms with Crippen molar-refractivity contribution in [3.8, 4) is 0 Å². The first-order chi connectivity index (χ1) is 6.65. The number of nitrogens with zero attached hydrogens (tertiary/aromatic N) is 1. The van der Waals surface area contributed by atoms with Crippen LogP contribution in [0.2, 0.25) is 0 Å². The predicted molar refractivity (Wildman–Crippen MR) is 46.3 cm³/mol. The number of ketones is 1. The highest BCUT2D eigenvalue weighted by atomic mass is 16.4. The molecule has 0 aliphatic carbocycles. The topological polar surface area (TPSA) is 121 Å². The maximum Gasteiger partial charge on any atom is 0.322 e. The molecule has 0 amide bonds. The number of H-pyrrole nitrogens is 1. The average molecular weight is 198 g/mol. The minimum absolute atomic E-state index is 0.214. The van der Waals surface area contributed by atoms with E-state index in [0.717, 1.165) is 0 Å². The second kappa shape index (κ2) is 4.49. The molecule has 14 heavy (non-hydrogen) atoms. The third-order valence-corrected chi connectivity index (χ3v) is 1.69. The molecule has 1 aromatic heterocycles. The van der Waals surface area contributed by atoms with Gasteiger partial charge in [-0.3, -0.25) is 15.4 Å². The number of nitrogens with one attached hydrogen (secondary N) is 2. The van der Waals surface area contributed by atoms with E-state index in [1.807, 2.05) is 5.43 Å². The number of hydrazine groups is 1. The molecule has 0 aromatic carbocycles. The molecule has 0 aliphatic rings. The number of hydrogen-bond acceptors (Lipinski definition) is 5. The second-order valence-electron chi connectivity index (χ2n) is 2.65. The number of aromatic nitrogens is 2. The van der Waals surface area contributed by atoms with Crippen molar-refractivity contribution in [3.05, 3.63) is 18.2 Å². The molecule has 1 aromatic rings. The minimum Gasteiger partial charge on any atom is -0.480 e. The number of carbonyl (C=O) groups excluding carboxylic acids is 1. The zero-order valence-corrected chi connectivity index (χ0v) is 7.23. The molecular formula is C7H10N4O3. The summed E-state index contributed by atoms with van der Waals surface area (Å²) >= 11 is 0. The lowest BCUT2D eigenvalue weighted by atomic mass is 10.1. The summed E-state index contributed by atoms with van der Waals surface area (Å²) in [7, 11) is 0. The van der Waals surface area contributed by atoms with E-state index in [2.05, 4.69) is 9.97 Å². The molecule has 0 spiro atoms. The lowest BCUT2D eigenvalue weighted by Gasteiger charge is -2.08. The van der Waals surface area contributed by atoms with Crippen LogP contribution in [0.5, 0.6) is 0 Å². The zero-order chi connectivity index (χ0) is 10.6. The highest BCUT2D eigenvalue weighted by Gasteiger charge is 2.20. The third kappa shape index (κ3) is 2.38. The Bertz CT molecular complexity index is 322. The largest absolute Gasteiger partial charge is 0.480 e. The van der Waals surface area contributed by atoms with Gasteiger partial charge in [0, 0.05) is 6.42 Å². The van der Waals surface area contributed by atoms with Crippen molar-refractivity contribution in [1.82, 2.24) is 15.4 Å². The number of carboxylic acid groups (broad SMARTS) is 1. The Hall–Kier alpha value is -1.73. The Balaban J connectivity index is 2.60. The Labute approximate surface area is 79.3 Å². The molecule has 0 saturated carbocycles. The number of aliphatic carboxylic acids is 1. The number of Topliss-reactive ketones (excluding diaryl/α,β-unsaturated/α-hetero) is 1. The van der Waals surface area contributed by atoms with Crippen LogP contribution < -0.4 is 11.3 Å². The van der Waals surface area contributed by atoms with E-state index in [-0.39, 0.29) is 17.9 Å². The van der Waals surface area contributed by atoms with Gasteiger partial charge in [0.1, 0.15) is 11.7 Å². The van der Waals surface area contributed by atoms with E-state index in [0.29, 0.717) is 0 Å². The van der Waals surface area contributed by atoms with Crippen molar-refractivity contribution < 1.29 is 14.7 Å². The summed E-state index contributed by atoms with van der Waals surface area (Å²) in [6.45, 7) is 0. The van der Waals surface area contributed by atoms with Crippen LogP contribution in [0, 0.1) is 0 Å². The predicted octanol–water partition coefficient (Wildman–Crippen LogP) is -1.10. The average Bonchev–Trinajstić information content (AvgIpc) is 2.65. The maximum absolute atomic E-state index is 11.3. The number of imidazole rings is 1. The van der Waals surface area contributed by atoms with Gasteiger partial charge in [-0.15, -0.1) is 0 Å². The molecule has 1 rings (SSSR count). The van der Waals surface area contributed by atoms with E-state index in [4.69, 9.17) is 10.9 Å². The molecule has 5 N–H and O–H groups in total. The minimum atomic E-state index is -1.17. The molecule has 7 heteroatoms. The lowest BCUT2D eigenvalue weighted by molar-refractivity contribution is -0.139. The molecule has 1 unspecified atom stereocenters. The molecule has 7 nitrogen and oxygen atoms in total. The van der Waals surface area contributed by atoms with Gasteiger partial charge in [-0.05, 0) is 0 Å². The SMILES string of the molecule is NNC(CC(=O)c1cnc[nH]1)C(=O)O. The number of rotatable bonds is 5. The molecule has 76 valence electrons. The van der Waals surface area contributed by atoms with Crippen molar-refractivity contribution in [2.24, 2.45) is 5.84 Å². The lowest BCUT2D eigenvalue weighted by Crippen LogP contribution is -2.42. The van der Waals surface area contributed by atoms with Crippen LogP contribution in [0.15, 0.2) is 12.5 Å². The van der Waals surface area contributed by atoms with Crippen LogP contribution in [0.4, 0.5) is 0 Å². The summed E-state index contributed by atoms with van der Waals surface area (Å²) in [6.07, 6.45) is 2.46. The Morgan fingerprint density at radius 2 is 2.43 bits per heavy atom. The van der Waals surface area contributed by atoms with Gasteiger partial charge < -0.3 is 10.1 Å². The Morgan fingerprint density at radius 1 is 1.71 bits per heavy atom. The number of carbonyl (C=O) groups is 2. The summed E-state index contributed by atoms with van der Waals surface area (Å²) in [5.41, 5.74) is 2.31. The molecule has 0 fully saturated rings. The van der Waals surface area contributed by atoms with Crippen LogP contribution in [-0.2, 0) is 4.79 Å². The first-order valence-electron chi connectivity index (χ1n) is 3.85. The van der Waals surface area contributed by atoms with Gasteiger partial charge in [-0.1, -0.05) is 0 Å². The van der Waals surface area contributed by atoms with Crippen LogP contribution >= 0.6 is 0 Å². The van der Waals surface area contributed by atoms with Crippen molar-refractivity contribution in [1.29, 1.82) is 0 Å². The van der Waals surface area contributed by atoms with Gasteiger partial charge in [0.25, 0.3) is 0 Å². The quantitative estimate of drug-likeness (QED) is 0.270. The van der Waals surface area contributed by atoms with E-state index in [1.54, 1.807) is 0 Å². The molecule has 0 aliphatic heterocycles. The molecule has 0 bridgehead atoms. The van der Waals surface area contributed by atoms with Gasteiger partial charge in [0.2, 0.25) is 0 Å². The van der Waals surface area contributed by atoms with Crippen LogP contribution in [0.3, 0.4) is 0 Å². The van der Waals surface area contributed by atoms with Crippen LogP contribution in [-0.4, -0.2) is 32.9 Å². The summed E-state index contributed by atoms with van der Waals surface area (Å²) in [5, 5.41) is 8.60. The fraction of sp³-hybridized carbons (Fsp3) is 0.286. The number of aromatic amines is 1. The Kier molecular flexibility index (Phi) is 3.32. The summed E-state index contributed by atoms with van der Waals surface area (Å²) in [5.74, 6) is 3.45. The fourth-order valence-electron chi connectivity index (χ4n) is 0.921. The first kappa shape index (κ1) is 10.4. The van der Waals surface area contributed by atoms with Gasteiger partial charge in [-0.25, -0.2) is 10.4 Å². The molecular weight excluding hydrogens is 188 g/mol. The van der Waals surface area contributed by atoms with Crippen molar-refractivity contribution in [2.75, 3.05) is 0 Å². The van der Waals surface area contributed by atoms with Crippen molar-refractivity contribution >= 4 is 11.8 Å². The van der Waals surface area contributed by atoms with Crippen LogP contribution in [0.1, 0.15) is 16.9 Å². The van der Waals surface area contributed by atoms with E-state index in [9.17, 15) is 9.59 Å². The standard InChI is InChI=1S/C7H10N4O3/c8-11-4(7(13)14)1-6(12)5-2-9-3-10-5/h2-4,11H,1,8H2,(H,9,10)(H,13,14). The molecule has 1 atom stereocenters. The summed E-state index contributed by atoms with van der Waals surface area (Å²) in [4.78, 5) is 28.1. The highest BCUT2D eigenvalue weighted by Crippen LogP contribution is 2.01. The van der Waals surface area contributed by atoms with Crippen molar-refractivity contribution in [2.45, 2.75) is 12.5 Å². The van der Waals surface area contributed by atoms with Crippen molar-refractivity contribution in [3.63, 3.8) is 0 Å². The maximum atomic E-state index is 11.3. The zero-order valence-electron chi connectivity index (χ0n) is 7.23. The van der Waals surface area contributed by atoms with E-state index < -0.39 is 12.0 Å². The van der Waals surface area contributed by atoms with E-state index >= 15 is 0 Å². The van der Waals surface area contributed by atoms with Gasteiger partial charge in [0.05, 0.1) is 12.5 Å². The number of nitrogens with two attached hydrogens (primary N) is 1. The Morgan fingerprint density at radius 3 is 2.86 bits per heavy atom. The highest BCUT2D eigenvalue weighted by molar-refractivity contribution is 5.96. The van der Waals surface area contributed by atoms with Gasteiger partial charge >= 0.3 is 5.97 Å². The number of carboxylic acids is 1. The summed E-state index contributed by atoms with van der Waals surface area (Å²) in [6, 6.07) is -1.08. The normalized spacial score (nSPS) is 12.4. The first-order valence-corrected chi connectivity index (χ1v) is 3.85. The smallest absolute Gasteiger partial charge is 0.322 e. The molecule has 0 saturated heterocycles. The van der Waals surface area contributed by atoms with Gasteiger partial charge in [0.15, 0.2) is 5.78 Å². The summed E-state index contributed by atoms with van der Waals surface area (Å²) < 4.78 is 0. The second-order valence-corrected chi connectivity index (χ2v) is 2.65.